The number of hydrogen-bond donors (Lipinski definition) is 0. The maximum Gasteiger partial charge on any atom is 0.121 e. The van der Waals surface area contributed by atoms with Crippen molar-refractivity contribution in [2.24, 2.45) is 16.7 Å². The standard InChI is InChI=1S/C16H32B2/c1-7-13(2)16(5,6)12-15(3,4)11-9-8-10-14(17)18/h7,10,13H,1,8-9,11-12,17-18H2,2-6H3. The molecule has 0 aliphatic rings. The van der Waals surface area contributed by atoms with Gasteiger partial charge >= 0.3 is 0 Å². The molecule has 0 aromatic heterocycles. The van der Waals surface area contributed by atoms with Crippen molar-refractivity contribution in [1.29, 1.82) is 0 Å². The topological polar surface area (TPSA) is 0 Å². The van der Waals surface area contributed by atoms with Crippen LogP contribution in [0, 0.1) is 16.7 Å². The van der Waals surface area contributed by atoms with Crippen LogP contribution in [0.4, 0.5) is 0 Å². The summed E-state index contributed by atoms with van der Waals surface area (Å²) in [5, 5.41) is 1.44. The highest BCUT2D eigenvalue weighted by Gasteiger charge is 2.31. The first-order valence-electron chi connectivity index (χ1n) is 7.37. The lowest BCUT2D eigenvalue weighted by Crippen LogP contribution is -2.28. The Balaban J connectivity index is 4.29. The predicted octanol–water partition coefficient (Wildman–Crippen LogP) is 3.53. The molecule has 0 aromatic rings. The van der Waals surface area contributed by atoms with Crippen molar-refractivity contribution >= 4 is 15.7 Å². The summed E-state index contributed by atoms with van der Waals surface area (Å²) < 4.78 is 0. The van der Waals surface area contributed by atoms with Crippen LogP contribution in [0.2, 0.25) is 0 Å². The molecule has 0 N–H and O–H groups in total. The van der Waals surface area contributed by atoms with Gasteiger partial charge in [0, 0.05) is 0 Å². The molecule has 0 radical (unpaired) electrons. The average Bonchev–Trinajstić information content (AvgIpc) is 2.21. The molecule has 0 saturated carbocycles. The minimum absolute atomic E-state index is 0.349. The fourth-order valence-corrected chi connectivity index (χ4v) is 2.77. The first-order valence-corrected chi connectivity index (χ1v) is 7.37. The molecule has 0 heterocycles. The summed E-state index contributed by atoms with van der Waals surface area (Å²) >= 11 is 0. The molecule has 0 aromatic carbocycles. The Morgan fingerprint density at radius 3 is 2.22 bits per heavy atom. The largest absolute Gasteiger partial charge is 0.149 e. The van der Waals surface area contributed by atoms with Gasteiger partial charge in [-0.25, -0.2) is 0 Å². The molecule has 2 heteroatoms. The fraction of sp³-hybridized carbons (Fsp3) is 0.750. The van der Waals surface area contributed by atoms with E-state index < -0.39 is 0 Å². The number of unbranched alkanes of at least 4 members (excludes halogenated alkanes) is 1. The Labute approximate surface area is 117 Å². The second-order valence-corrected chi connectivity index (χ2v) is 7.53. The molecule has 0 nitrogen and oxygen atoms in total. The second-order valence-electron chi connectivity index (χ2n) is 7.53. The van der Waals surface area contributed by atoms with E-state index in [0.717, 1.165) is 0 Å². The molecular formula is C16H32B2. The van der Waals surface area contributed by atoms with Crippen LogP contribution >= 0.6 is 0 Å². The van der Waals surface area contributed by atoms with Gasteiger partial charge in [0.05, 0.1) is 0 Å². The first kappa shape index (κ1) is 17.6. The maximum atomic E-state index is 3.94. The lowest BCUT2D eigenvalue weighted by atomic mass is 9.67. The minimum Gasteiger partial charge on any atom is -0.149 e. The molecule has 18 heavy (non-hydrogen) atoms. The van der Waals surface area contributed by atoms with Crippen LogP contribution in [0.1, 0.15) is 60.3 Å². The molecule has 0 aliphatic carbocycles. The highest BCUT2D eigenvalue weighted by Crippen LogP contribution is 2.42. The number of rotatable bonds is 8. The third-order valence-corrected chi connectivity index (χ3v) is 4.13. The zero-order valence-electron chi connectivity index (χ0n) is 13.8. The highest BCUT2D eigenvalue weighted by atomic mass is 14.4. The monoisotopic (exact) mass is 246 g/mol. The van der Waals surface area contributed by atoms with E-state index in [4.69, 9.17) is 0 Å². The van der Waals surface area contributed by atoms with Gasteiger partial charge in [-0.2, -0.15) is 0 Å². The van der Waals surface area contributed by atoms with Gasteiger partial charge in [-0.05, 0) is 42.4 Å². The van der Waals surface area contributed by atoms with Crippen molar-refractivity contribution in [3.05, 3.63) is 24.1 Å². The molecule has 0 bridgehead atoms. The minimum atomic E-state index is 0.349. The van der Waals surface area contributed by atoms with Gasteiger partial charge in [-0.15, -0.1) is 18.0 Å². The normalized spacial score (nSPS) is 14.1. The summed E-state index contributed by atoms with van der Waals surface area (Å²) in [5.41, 5.74) is 0.776. The summed E-state index contributed by atoms with van der Waals surface area (Å²) in [6, 6.07) is 0. The predicted molar refractivity (Wildman–Crippen MR) is 90.6 cm³/mol. The van der Waals surface area contributed by atoms with E-state index in [1.807, 2.05) is 0 Å². The molecule has 1 unspecified atom stereocenters. The average molecular weight is 246 g/mol. The molecule has 1 atom stereocenters. The van der Waals surface area contributed by atoms with Crippen LogP contribution in [-0.2, 0) is 0 Å². The van der Waals surface area contributed by atoms with Crippen LogP contribution in [-0.4, -0.2) is 15.7 Å². The van der Waals surface area contributed by atoms with Crippen LogP contribution < -0.4 is 0 Å². The van der Waals surface area contributed by atoms with Gasteiger partial charge in [0.1, 0.15) is 15.7 Å². The van der Waals surface area contributed by atoms with Crippen molar-refractivity contribution in [2.45, 2.75) is 60.3 Å². The molecule has 0 amide bonds. The highest BCUT2D eigenvalue weighted by molar-refractivity contribution is 6.48. The van der Waals surface area contributed by atoms with E-state index in [0.29, 0.717) is 16.7 Å². The summed E-state index contributed by atoms with van der Waals surface area (Å²) in [6.45, 7) is 15.8. The van der Waals surface area contributed by atoms with Crippen LogP contribution in [0.3, 0.4) is 0 Å². The molecular weight excluding hydrogens is 214 g/mol. The summed E-state index contributed by atoms with van der Waals surface area (Å²) in [5.74, 6) is 0.578. The van der Waals surface area contributed by atoms with E-state index in [1.54, 1.807) is 0 Å². The van der Waals surface area contributed by atoms with Gasteiger partial charge in [-0.3, -0.25) is 0 Å². The van der Waals surface area contributed by atoms with Crippen molar-refractivity contribution in [1.82, 2.24) is 0 Å². The SMILES string of the molecule is BC(B)=CCCCC(C)(C)CC(C)(C)C(C)C=C. The number of hydrogen-bond acceptors (Lipinski definition) is 0. The Kier molecular flexibility index (Phi) is 7.10. The second kappa shape index (κ2) is 7.26. The van der Waals surface area contributed by atoms with Gasteiger partial charge in [0.2, 0.25) is 0 Å². The zero-order chi connectivity index (χ0) is 14.4. The van der Waals surface area contributed by atoms with Crippen LogP contribution in [0.5, 0.6) is 0 Å². The van der Waals surface area contributed by atoms with Crippen molar-refractivity contribution < 1.29 is 0 Å². The Morgan fingerprint density at radius 2 is 1.78 bits per heavy atom. The van der Waals surface area contributed by atoms with Crippen LogP contribution in [0.15, 0.2) is 24.1 Å². The van der Waals surface area contributed by atoms with E-state index >= 15 is 0 Å². The molecule has 0 spiro atoms. The molecule has 0 fully saturated rings. The Morgan fingerprint density at radius 1 is 1.22 bits per heavy atom. The van der Waals surface area contributed by atoms with Gasteiger partial charge in [-0.1, -0.05) is 40.7 Å². The maximum absolute atomic E-state index is 3.94. The van der Waals surface area contributed by atoms with Crippen molar-refractivity contribution in [2.75, 3.05) is 0 Å². The summed E-state index contributed by atoms with van der Waals surface area (Å²) in [4.78, 5) is 0. The summed E-state index contributed by atoms with van der Waals surface area (Å²) in [6.07, 6.45) is 9.55. The Bertz CT molecular complexity index is 283. The van der Waals surface area contributed by atoms with Gasteiger partial charge < -0.3 is 0 Å². The molecule has 0 rings (SSSR count). The smallest absolute Gasteiger partial charge is 0.121 e. The molecule has 102 valence electrons. The van der Waals surface area contributed by atoms with Gasteiger partial charge in [0.15, 0.2) is 0 Å². The van der Waals surface area contributed by atoms with Crippen molar-refractivity contribution in [3.8, 4) is 0 Å². The van der Waals surface area contributed by atoms with Gasteiger partial charge in [0.25, 0.3) is 0 Å². The lowest BCUT2D eigenvalue weighted by molar-refractivity contribution is 0.143. The van der Waals surface area contributed by atoms with E-state index in [-0.39, 0.29) is 0 Å². The lowest BCUT2D eigenvalue weighted by Gasteiger charge is -2.38. The first-order chi connectivity index (χ1) is 8.10. The fourth-order valence-electron chi connectivity index (χ4n) is 2.77. The molecule has 0 saturated heterocycles. The van der Waals surface area contributed by atoms with E-state index in [1.165, 1.54) is 31.1 Å². The third kappa shape index (κ3) is 7.13. The quantitative estimate of drug-likeness (QED) is 0.349. The Hall–Kier alpha value is -0.390. The van der Waals surface area contributed by atoms with Crippen LogP contribution in [0.25, 0.3) is 0 Å². The number of allylic oxidation sites excluding steroid dienone is 2. The summed E-state index contributed by atoms with van der Waals surface area (Å²) in [7, 11) is 4.36. The van der Waals surface area contributed by atoms with E-state index in [2.05, 4.69) is 69.0 Å². The third-order valence-electron chi connectivity index (χ3n) is 4.13. The zero-order valence-corrected chi connectivity index (χ0v) is 13.8. The van der Waals surface area contributed by atoms with E-state index in [9.17, 15) is 0 Å². The van der Waals surface area contributed by atoms with Crippen molar-refractivity contribution in [3.63, 3.8) is 0 Å². The molecule has 0 aliphatic heterocycles.